The van der Waals surface area contributed by atoms with Gasteiger partial charge in [-0.05, 0) is 52.6 Å². The van der Waals surface area contributed by atoms with Crippen LogP contribution in [0.15, 0.2) is 24.3 Å². The SMILES string of the molecule is CCSCCNc1ccc(I)cc1. The fourth-order valence-corrected chi connectivity index (χ4v) is 1.87. The maximum absolute atomic E-state index is 3.38. The van der Waals surface area contributed by atoms with Crippen LogP contribution in [0.4, 0.5) is 5.69 Å². The molecule has 13 heavy (non-hydrogen) atoms. The molecule has 0 heterocycles. The predicted molar refractivity (Wildman–Crippen MR) is 70.6 cm³/mol. The van der Waals surface area contributed by atoms with Crippen LogP contribution in [-0.4, -0.2) is 18.1 Å². The highest BCUT2D eigenvalue weighted by Crippen LogP contribution is 2.11. The Balaban J connectivity index is 2.25. The second-order valence-electron chi connectivity index (χ2n) is 2.63. The molecule has 1 N–H and O–H groups in total. The summed E-state index contributed by atoms with van der Waals surface area (Å²) in [6.45, 7) is 3.24. The normalized spacial score (nSPS) is 10.0. The first-order valence-corrected chi connectivity index (χ1v) is 6.63. The Morgan fingerprint density at radius 2 is 2.00 bits per heavy atom. The second kappa shape index (κ2) is 6.54. The average Bonchev–Trinajstić information content (AvgIpc) is 2.15. The third kappa shape index (κ3) is 4.76. The molecule has 0 amide bonds. The van der Waals surface area contributed by atoms with E-state index in [1.807, 2.05) is 11.8 Å². The van der Waals surface area contributed by atoms with E-state index in [1.54, 1.807) is 0 Å². The molecule has 0 bridgehead atoms. The molecule has 0 aliphatic heterocycles. The van der Waals surface area contributed by atoms with Crippen LogP contribution in [-0.2, 0) is 0 Å². The van der Waals surface area contributed by atoms with Gasteiger partial charge in [-0.15, -0.1) is 0 Å². The van der Waals surface area contributed by atoms with E-state index >= 15 is 0 Å². The molecule has 0 fully saturated rings. The summed E-state index contributed by atoms with van der Waals surface area (Å²) >= 11 is 4.28. The van der Waals surface area contributed by atoms with Crippen LogP contribution >= 0.6 is 34.4 Å². The molecule has 3 heteroatoms. The first kappa shape index (κ1) is 11.2. The Morgan fingerprint density at radius 3 is 2.62 bits per heavy atom. The third-order valence-corrected chi connectivity index (χ3v) is 3.24. The van der Waals surface area contributed by atoms with Gasteiger partial charge in [0.05, 0.1) is 0 Å². The highest BCUT2D eigenvalue weighted by Gasteiger charge is 1.90. The summed E-state index contributed by atoms with van der Waals surface area (Å²) in [4.78, 5) is 0. The molecular weight excluding hydrogens is 293 g/mol. The molecule has 0 saturated heterocycles. The van der Waals surface area contributed by atoms with Crippen LogP contribution in [0.5, 0.6) is 0 Å². The summed E-state index contributed by atoms with van der Waals surface area (Å²) < 4.78 is 1.28. The van der Waals surface area contributed by atoms with Crippen LogP contribution in [0.3, 0.4) is 0 Å². The van der Waals surface area contributed by atoms with Gasteiger partial charge in [0.15, 0.2) is 0 Å². The molecule has 0 saturated carbocycles. The second-order valence-corrected chi connectivity index (χ2v) is 5.27. The molecule has 1 rings (SSSR count). The standard InChI is InChI=1S/C10H14INS/c1-2-13-8-7-12-10-5-3-9(11)4-6-10/h3-6,12H,2,7-8H2,1H3. The number of rotatable bonds is 5. The number of hydrogen-bond acceptors (Lipinski definition) is 2. The van der Waals surface area contributed by atoms with Crippen LogP contribution in [0, 0.1) is 3.57 Å². The van der Waals surface area contributed by atoms with Crippen molar-refractivity contribution in [2.75, 3.05) is 23.4 Å². The summed E-state index contributed by atoms with van der Waals surface area (Å²) in [6.07, 6.45) is 0. The van der Waals surface area contributed by atoms with Crippen molar-refractivity contribution in [1.82, 2.24) is 0 Å². The molecule has 0 spiro atoms. The lowest BCUT2D eigenvalue weighted by Crippen LogP contribution is -2.03. The Labute approximate surface area is 97.8 Å². The molecule has 0 unspecified atom stereocenters. The van der Waals surface area contributed by atoms with E-state index in [1.165, 1.54) is 20.8 Å². The molecule has 0 radical (unpaired) electrons. The number of halogens is 1. The fraction of sp³-hybridized carbons (Fsp3) is 0.400. The number of thioether (sulfide) groups is 1. The Kier molecular flexibility index (Phi) is 5.62. The van der Waals surface area contributed by atoms with Gasteiger partial charge >= 0.3 is 0 Å². The minimum absolute atomic E-state index is 1.05. The van der Waals surface area contributed by atoms with Crippen LogP contribution in [0.25, 0.3) is 0 Å². The molecule has 72 valence electrons. The van der Waals surface area contributed by atoms with Crippen molar-refractivity contribution in [2.24, 2.45) is 0 Å². The smallest absolute Gasteiger partial charge is 0.0341 e. The van der Waals surface area contributed by atoms with E-state index in [0.717, 1.165) is 6.54 Å². The van der Waals surface area contributed by atoms with E-state index in [0.29, 0.717) is 0 Å². The van der Waals surface area contributed by atoms with Gasteiger partial charge in [0, 0.05) is 21.6 Å². The van der Waals surface area contributed by atoms with E-state index < -0.39 is 0 Å². The van der Waals surface area contributed by atoms with Gasteiger partial charge in [-0.25, -0.2) is 0 Å². The molecule has 1 aromatic carbocycles. The minimum Gasteiger partial charge on any atom is -0.384 e. The topological polar surface area (TPSA) is 12.0 Å². The summed E-state index contributed by atoms with van der Waals surface area (Å²) in [6, 6.07) is 8.49. The number of benzene rings is 1. The Bertz CT molecular complexity index is 235. The first-order valence-electron chi connectivity index (χ1n) is 4.40. The van der Waals surface area contributed by atoms with Gasteiger partial charge in [0.25, 0.3) is 0 Å². The molecule has 1 aromatic rings. The number of anilines is 1. The van der Waals surface area contributed by atoms with Crippen LogP contribution in [0.1, 0.15) is 6.92 Å². The zero-order valence-corrected chi connectivity index (χ0v) is 10.7. The van der Waals surface area contributed by atoms with Gasteiger partial charge in [0.2, 0.25) is 0 Å². The zero-order valence-electron chi connectivity index (χ0n) is 7.72. The molecule has 1 nitrogen and oxygen atoms in total. The molecule has 0 aliphatic carbocycles. The largest absolute Gasteiger partial charge is 0.384 e. The molecular formula is C10H14INS. The first-order chi connectivity index (χ1) is 6.33. The van der Waals surface area contributed by atoms with Crippen molar-refractivity contribution in [3.8, 4) is 0 Å². The monoisotopic (exact) mass is 307 g/mol. The summed E-state index contributed by atoms with van der Waals surface area (Å²) in [5, 5.41) is 3.38. The van der Waals surface area contributed by atoms with Crippen LogP contribution < -0.4 is 5.32 Å². The number of hydrogen-bond donors (Lipinski definition) is 1. The summed E-state index contributed by atoms with van der Waals surface area (Å²) in [5.74, 6) is 2.39. The molecule has 0 aromatic heterocycles. The lowest BCUT2D eigenvalue weighted by atomic mass is 10.3. The lowest BCUT2D eigenvalue weighted by Gasteiger charge is -2.05. The highest BCUT2D eigenvalue weighted by molar-refractivity contribution is 14.1. The van der Waals surface area contributed by atoms with Gasteiger partial charge in [-0.3, -0.25) is 0 Å². The van der Waals surface area contributed by atoms with Gasteiger partial charge in [-0.2, -0.15) is 11.8 Å². The summed E-state index contributed by atoms with van der Waals surface area (Å²) in [5.41, 5.74) is 1.22. The maximum atomic E-state index is 3.38. The highest BCUT2D eigenvalue weighted by atomic mass is 127. The number of nitrogens with one attached hydrogen (secondary N) is 1. The van der Waals surface area contributed by atoms with Gasteiger partial charge in [0.1, 0.15) is 0 Å². The predicted octanol–water partition coefficient (Wildman–Crippen LogP) is 3.46. The van der Waals surface area contributed by atoms with Crippen molar-refractivity contribution in [1.29, 1.82) is 0 Å². The molecule has 0 aliphatic rings. The van der Waals surface area contributed by atoms with E-state index in [4.69, 9.17) is 0 Å². The van der Waals surface area contributed by atoms with Crippen molar-refractivity contribution < 1.29 is 0 Å². The van der Waals surface area contributed by atoms with Crippen molar-refractivity contribution in [3.05, 3.63) is 27.8 Å². The van der Waals surface area contributed by atoms with E-state index in [-0.39, 0.29) is 0 Å². The average molecular weight is 307 g/mol. The van der Waals surface area contributed by atoms with Gasteiger partial charge in [-0.1, -0.05) is 6.92 Å². The van der Waals surface area contributed by atoms with Crippen molar-refractivity contribution in [3.63, 3.8) is 0 Å². The van der Waals surface area contributed by atoms with E-state index in [2.05, 4.69) is 59.1 Å². The Hall–Kier alpha value is 0.1000. The molecule has 0 atom stereocenters. The quantitative estimate of drug-likeness (QED) is 0.660. The van der Waals surface area contributed by atoms with E-state index in [9.17, 15) is 0 Å². The van der Waals surface area contributed by atoms with Crippen molar-refractivity contribution >= 4 is 40.0 Å². The lowest BCUT2D eigenvalue weighted by molar-refractivity contribution is 1.22. The minimum atomic E-state index is 1.05. The maximum Gasteiger partial charge on any atom is 0.0341 e. The van der Waals surface area contributed by atoms with Gasteiger partial charge < -0.3 is 5.32 Å². The summed E-state index contributed by atoms with van der Waals surface area (Å²) in [7, 11) is 0. The zero-order chi connectivity index (χ0) is 9.52. The fourth-order valence-electron chi connectivity index (χ4n) is 0.980. The third-order valence-electron chi connectivity index (χ3n) is 1.62. The Morgan fingerprint density at radius 1 is 1.31 bits per heavy atom. The van der Waals surface area contributed by atoms with Crippen molar-refractivity contribution in [2.45, 2.75) is 6.92 Å². The van der Waals surface area contributed by atoms with Crippen LogP contribution in [0.2, 0.25) is 0 Å².